The SMILES string of the molecule is CN1CCN(CC(=O)Nc2ccc3c(c2)COC([As][C@@H]2CCCc4ccccc42)=N3)CC1. The number of hydrogen-bond acceptors (Lipinski definition) is 5. The maximum absolute atomic E-state index is 12.5. The number of anilines is 1. The van der Waals surface area contributed by atoms with Crippen LogP contribution < -0.4 is 5.32 Å². The molecule has 2 aromatic rings. The summed E-state index contributed by atoms with van der Waals surface area (Å²) in [4.78, 5) is 21.8. The number of likely N-dealkylation sites (N-methyl/N-ethyl adjacent to an activating group) is 1. The summed E-state index contributed by atoms with van der Waals surface area (Å²) in [6.45, 7) is 4.87. The number of aryl methyl sites for hydroxylation is 1. The molecule has 0 unspecified atom stereocenters. The first-order valence-corrected chi connectivity index (χ1v) is 13.5. The summed E-state index contributed by atoms with van der Waals surface area (Å²) in [5, 5.41) is 3.05. The van der Waals surface area contributed by atoms with Crippen molar-refractivity contribution in [2.45, 2.75) is 30.6 Å². The van der Waals surface area contributed by atoms with E-state index in [0.29, 0.717) is 17.9 Å². The Hall–Kier alpha value is -2.14. The van der Waals surface area contributed by atoms with E-state index >= 15 is 0 Å². The molecule has 1 atom stereocenters. The standard InChI is InChI=1S/C25H30AsN4O2/c1-29-11-13-30(14-12-29)16-24(31)27-20-9-10-23-19(15-20)17-32-25(28-23)26-22-8-4-6-18-5-2-3-7-21(18)22/h2-3,5,7,9-10,15,22H,4,6,8,11-14,16-17H2,1H3,(H,27,31)/t22-/m1/s1. The number of piperazine rings is 1. The molecule has 5 rings (SSSR count). The fourth-order valence-electron chi connectivity index (χ4n) is 4.64. The molecule has 0 spiro atoms. The van der Waals surface area contributed by atoms with Crippen LogP contribution in [0.15, 0.2) is 47.5 Å². The number of carbonyl (C=O) groups excluding carboxylic acids is 1. The molecule has 167 valence electrons. The van der Waals surface area contributed by atoms with Crippen LogP contribution in [0.3, 0.4) is 0 Å². The third kappa shape index (κ3) is 5.09. The van der Waals surface area contributed by atoms with Crippen LogP contribution in [0.1, 0.15) is 34.2 Å². The molecule has 6 nitrogen and oxygen atoms in total. The molecular weight excluding hydrogens is 463 g/mol. The van der Waals surface area contributed by atoms with Crippen molar-refractivity contribution in [1.82, 2.24) is 9.80 Å². The van der Waals surface area contributed by atoms with Gasteiger partial charge in [-0.15, -0.1) is 0 Å². The van der Waals surface area contributed by atoms with Crippen LogP contribution >= 0.6 is 0 Å². The van der Waals surface area contributed by atoms with E-state index < -0.39 is 0 Å². The summed E-state index contributed by atoms with van der Waals surface area (Å²) in [7, 11) is 2.12. The van der Waals surface area contributed by atoms with Crippen molar-refractivity contribution in [2.75, 3.05) is 45.1 Å². The molecule has 2 aromatic carbocycles. The number of ether oxygens (including phenoxy) is 1. The van der Waals surface area contributed by atoms with Gasteiger partial charge in [0.05, 0.1) is 0 Å². The molecule has 1 N–H and O–H groups in total. The van der Waals surface area contributed by atoms with Gasteiger partial charge in [-0.2, -0.15) is 0 Å². The number of hydrogen-bond donors (Lipinski definition) is 1. The Morgan fingerprint density at radius 1 is 1.16 bits per heavy atom. The predicted molar refractivity (Wildman–Crippen MR) is 129 cm³/mol. The molecule has 7 heteroatoms. The Balaban J connectivity index is 1.21. The molecule has 0 saturated carbocycles. The number of carbonyl (C=O) groups is 1. The quantitative estimate of drug-likeness (QED) is 0.651. The Bertz CT molecular complexity index is 1020. The van der Waals surface area contributed by atoms with Gasteiger partial charge in [0.1, 0.15) is 0 Å². The van der Waals surface area contributed by atoms with Crippen molar-refractivity contribution < 1.29 is 9.53 Å². The van der Waals surface area contributed by atoms with E-state index in [1.54, 1.807) is 0 Å². The topological polar surface area (TPSA) is 57.2 Å². The van der Waals surface area contributed by atoms with Crippen LogP contribution in [0.4, 0.5) is 11.4 Å². The summed E-state index contributed by atoms with van der Waals surface area (Å²) >= 11 is -0.147. The molecule has 32 heavy (non-hydrogen) atoms. The van der Waals surface area contributed by atoms with Gasteiger partial charge in [-0.1, -0.05) is 0 Å². The van der Waals surface area contributed by atoms with Crippen LogP contribution in [0, 0.1) is 0 Å². The van der Waals surface area contributed by atoms with Crippen molar-refractivity contribution in [3.8, 4) is 0 Å². The van der Waals surface area contributed by atoms with Gasteiger partial charge in [-0.25, -0.2) is 0 Å². The third-order valence-corrected chi connectivity index (χ3v) is 9.23. The van der Waals surface area contributed by atoms with E-state index in [9.17, 15) is 4.79 Å². The minimum atomic E-state index is -0.147. The molecule has 1 radical (unpaired) electrons. The van der Waals surface area contributed by atoms with Gasteiger partial charge in [0, 0.05) is 0 Å². The third-order valence-electron chi connectivity index (χ3n) is 6.50. The van der Waals surface area contributed by atoms with Gasteiger partial charge < -0.3 is 4.90 Å². The van der Waals surface area contributed by atoms with E-state index in [0.717, 1.165) is 47.8 Å². The Labute approximate surface area is 196 Å². The van der Waals surface area contributed by atoms with E-state index in [4.69, 9.17) is 9.73 Å². The fraction of sp³-hybridized carbons (Fsp3) is 0.440. The number of fused-ring (bicyclic) bond motifs is 2. The van der Waals surface area contributed by atoms with Gasteiger partial charge in [0.2, 0.25) is 0 Å². The normalized spacial score (nSPS) is 21.5. The molecule has 1 saturated heterocycles. The van der Waals surface area contributed by atoms with Crippen molar-refractivity contribution in [1.29, 1.82) is 0 Å². The average Bonchev–Trinajstić information content (AvgIpc) is 2.81. The van der Waals surface area contributed by atoms with Crippen molar-refractivity contribution in [2.24, 2.45) is 4.99 Å². The molecule has 1 amide bonds. The number of nitrogens with zero attached hydrogens (tertiary/aromatic N) is 3. The molecule has 3 aliphatic rings. The number of aliphatic imine (C=N–C) groups is 1. The minimum absolute atomic E-state index is 0.0383. The van der Waals surface area contributed by atoms with E-state index in [2.05, 4.69) is 46.4 Å². The molecule has 0 aromatic heterocycles. The van der Waals surface area contributed by atoms with Crippen LogP contribution in [-0.2, 0) is 22.6 Å². The fourth-order valence-corrected chi connectivity index (χ4v) is 7.31. The van der Waals surface area contributed by atoms with Gasteiger partial charge >= 0.3 is 185 Å². The first-order chi connectivity index (χ1) is 15.6. The number of amides is 1. The second-order valence-electron chi connectivity index (χ2n) is 8.89. The average molecular weight is 493 g/mol. The number of nitrogens with one attached hydrogen (secondary N) is 1. The van der Waals surface area contributed by atoms with E-state index in [-0.39, 0.29) is 21.7 Å². The first-order valence-electron chi connectivity index (χ1n) is 11.5. The zero-order valence-corrected chi connectivity index (χ0v) is 20.5. The Kier molecular flexibility index (Phi) is 6.63. The monoisotopic (exact) mass is 493 g/mol. The number of benzene rings is 2. The van der Waals surface area contributed by atoms with Crippen molar-refractivity contribution in [3.05, 3.63) is 59.2 Å². The summed E-state index contributed by atoms with van der Waals surface area (Å²) in [6.07, 6.45) is 3.66. The second kappa shape index (κ2) is 9.78. The zero-order chi connectivity index (χ0) is 21.9. The van der Waals surface area contributed by atoms with Crippen LogP contribution in [-0.4, -0.2) is 75.9 Å². The van der Waals surface area contributed by atoms with Crippen LogP contribution in [0.2, 0.25) is 0 Å². The Morgan fingerprint density at radius 2 is 2.00 bits per heavy atom. The second-order valence-corrected chi connectivity index (χ2v) is 11.5. The van der Waals surface area contributed by atoms with Crippen LogP contribution in [0.25, 0.3) is 0 Å². The van der Waals surface area contributed by atoms with Crippen LogP contribution in [0.5, 0.6) is 0 Å². The van der Waals surface area contributed by atoms with Gasteiger partial charge in [-0.05, 0) is 7.05 Å². The summed E-state index contributed by atoms with van der Waals surface area (Å²) in [5.74, 6) is 0.0383. The summed E-state index contributed by atoms with van der Waals surface area (Å²) in [5.41, 5.74) is 5.82. The summed E-state index contributed by atoms with van der Waals surface area (Å²) in [6, 6.07) is 14.8. The number of rotatable bonds is 5. The first kappa shape index (κ1) is 21.7. The molecular formula is C25H30AsN4O2. The van der Waals surface area contributed by atoms with E-state index in [1.807, 2.05) is 18.2 Å². The van der Waals surface area contributed by atoms with Gasteiger partial charge in [-0.3, -0.25) is 0 Å². The van der Waals surface area contributed by atoms with Gasteiger partial charge in [0.15, 0.2) is 0 Å². The maximum atomic E-state index is 12.5. The predicted octanol–water partition coefficient (Wildman–Crippen LogP) is 3.17. The molecule has 2 heterocycles. The van der Waals surface area contributed by atoms with Crippen molar-refractivity contribution in [3.63, 3.8) is 0 Å². The molecule has 1 aliphatic carbocycles. The molecule has 0 bridgehead atoms. The van der Waals surface area contributed by atoms with Gasteiger partial charge in [0.25, 0.3) is 0 Å². The summed E-state index contributed by atoms with van der Waals surface area (Å²) < 4.78 is 7.57. The zero-order valence-electron chi connectivity index (χ0n) is 18.6. The molecule has 1 fully saturated rings. The Morgan fingerprint density at radius 3 is 2.88 bits per heavy atom. The molecule has 2 aliphatic heterocycles. The van der Waals surface area contributed by atoms with Crippen molar-refractivity contribution >= 4 is 37.7 Å². The van der Waals surface area contributed by atoms with E-state index in [1.165, 1.54) is 30.4 Å².